The number of nitrogen functional groups attached to an aromatic ring is 2. The highest BCUT2D eigenvalue weighted by molar-refractivity contribution is 5.52. The van der Waals surface area contributed by atoms with Crippen LogP contribution in [0.3, 0.4) is 0 Å². The molecule has 0 aliphatic heterocycles. The van der Waals surface area contributed by atoms with E-state index in [1.807, 2.05) is 50.2 Å². The summed E-state index contributed by atoms with van der Waals surface area (Å²) in [6.07, 6.45) is 16.4. The molecule has 4 aliphatic rings. The first-order chi connectivity index (χ1) is 27.3. The maximum absolute atomic E-state index is 6.36. The van der Waals surface area contributed by atoms with Crippen LogP contribution in [-0.4, -0.2) is 0 Å². The van der Waals surface area contributed by atoms with E-state index < -0.39 is 0 Å². The van der Waals surface area contributed by atoms with Crippen molar-refractivity contribution in [2.45, 2.75) is 131 Å². The highest BCUT2D eigenvalue weighted by atomic mass is 16.5. The fraction of sp³-hybridized carbons (Fsp3) is 0.547. The molecule has 304 valence electrons. The van der Waals surface area contributed by atoms with Crippen molar-refractivity contribution in [3.05, 3.63) is 107 Å². The Morgan fingerprint density at radius 3 is 1.68 bits per heavy atom. The molecule has 0 spiro atoms. The van der Waals surface area contributed by atoms with Gasteiger partial charge in [0.25, 0.3) is 0 Å². The van der Waals surface area contributed by atoms with Crippen LogP contribution in [0.25, 0.3) is 0 Å². The quantitative estimate of drug-likeness (QED) is 0.149. The van der Waals surface area contributed by atoms with Gasteiger partial charge in [0.1, 0.15) is 23.0 Å². The fourth-order valence-corrected chi connectivity index (χ4v) is 13.4. The van der Waals surface area contributed by atoms with Crippen LogP contribution in [-0.2, 0) is 5.41 Å². The highest BCUT2D eigenvalue weighted by Gasteiger charge is 2.62. The molecule has 0 radical (unpaired) electrons. The molecule has 0 bridgehead atoms. The maximum Gasteiger partial charge on any atom is 0.127 e. The molecule has 8 rings (SSSR count). The van der Waals surface area contributed by atoms with E-state index in [4.69, 9.17) is 20.9 Å². The summed E-state index contributed by atoms with van der Waals surface area (Å²) in [5, 5.41) is 0. The molecule has 4 fully saturated rings. The Labute approximate surface area is 344 Å². The SMILES string of the molecule is Cc1cc(Oc2ccc(C3(c4ccc(Oc5ccc(N)c(C)c5)cc4)CCC4(C)C(CCC5C4CCC4(C)C(C(C)CCCC(C)C)CCC54)C3)cc2)ccc1N. The van der Waals surface area contributed by atoms with Gasteiger partial charge in [-0.3, -0.25) is 0 Å². The zero-order valence-corrected chi connectivity index (χ0v) is 36.1. The number of anilines is 2. The van der Waals surface area contributed by atoms with Crippen molar-refractivity contribution in [2.24, 2.45) is 52.3 Å². The number of aryl methyl sites for hydroxylation is 2. The first kappa shape index (κ1) is 39.9. The van der Waals surface area contributed by atoms with Crippen molar-refractivity contribution in [3.8, 4) is 23.0 Å². The lowest BCUT2D eigenvalue weighted by atomic mass is 9.42. The monoisotopic (exact) mass is 767 g/mol. The van der Waals surface area contributed by atoms with Crippen molar-refractivity contribution in [2.75, 3.05) is 11.5 Å². The molecule has 8 atom stereocenters. The number of fused-ring (bicyclic) bond motifs is 5. The zero-order valence-electron chi connectivity index (χ0n) is 36.1. The molecule has 0 aromatic heterocycles. The lowest BCUT2D eigenvalue weighted by Gasteiger charge is -2.63. The number of hydrogen-bond donors (Lipinski definition) is 2. The molecule has 8 unspecified atom stereocenters. The third kappa shape index (κ3) is 7.49. The van der Waals surface area contributed by atoms with Gasteiger partial charge in [-0.2, -0.15) is 0 Å². The van der Waals surface area contributed by atoms with Crippen LogP contribution in [0.5, 0.6) is 23.0 Å². The predicted molar refractivity (Wildman–Crippen MR) is 238 cm³/mol. The summed E-state index contributed by atoms with van der Waals surface area (Å²) in [5.41, 5.74) is 19.5. The van der Waals surface area contributed by atoms with Crippen LogP contribution < -0.4 is 20.9 Å². The van der Waals surface area contributed by atoms with Crippen molar-refractivity contribution in [1.82, 2.24) is 0 Å². The predicted octanol–water partition coefficient (Wildman–Crippen LogP) is 14.5. The summed E-state index contributed by atoms with van der Waals surface area (Å²) in [6.45, 7) is 16.9. The van der Waals surface area contributed by atoms with E-state index in [0.717, 1.165) is 87.4 Å². The van der Waals surface area contributed by atoms with E-state index in [-0.39, 0.29) is 5.41 Å². The minimum atomic E-state index is -0.0727. The van der Waals surface area contributed by atoms with Crippen LogP contribution in [0.2, 0.25) is 0 Å². The molecule has 0 saturated heterocycles. The highest BCUT2D eigenvalue weighted by Crippen LogP contribution is 2.70. The molecule has 4 saturated carbocycles. The molecular formula is C53H70N2O2. The van der Waals surface area contributed by atoms with Gasteiger partial charge < -0.3 is 20.9 Å². The lowest BCUT2D eigenvalue weighted by Crippen LogP contribution is -2.55. The van der Waals surface area contributed by atoms with E-state index in [1.54, 1.807) is 0 Å². The summed E-state index contributed by atoms with van der Waals surface area (Å²) in [5.74, 6) is 9.29. The van der Waals surface area contributed by atoms with E-state index in [2.05, 4.69) is 83.1 Å². The van der Waals surface area contributed by atoms with Crippen molar-refractivity contribution < 1.29 is 9.47 Å². The second-order valence-corrected chi connectivity index (χ2v) is 20.3. The van der Waals surface area contributed by atoms with Gasteiger partial charge in [-0.25, -0.2) is 0 Å². The molecule has 4 aliphatic carbocycles. The van der Waals surface area contributed by atoms with Gasteiger partial charge in [0.15, 0.2) is 0 Å². The summed E-state index contributed by atoms with van der Waals surface area (Å²) in [7, 11) is 0. The largest absolute Gasteiger partial charge is 0.457 e. The van der Waals surface area contributed by atoms with Gasteiger partial charge in [0, 0.05) is 16.8 Å². The topological polar surface area (TPSA) is 70.5 Å². The second-order valence-electron chi connectivity index (χ2n) is 20.3. The molecule has 57 heavy (non-hydrogen) atoms. The van der Waals surface area contributed by atoms with E-state index in [9.17, 15) is 0 Å². The maximum atomic E-state index is 6.36. The summed E-state index contributed by atoms with van der Waals surface area (Å²) in [4.78, 5) is 0. The van der Waals surface area contributed by atoms with Crippen LogP contribution >= 0.6 is 0 Å². The average molecular weight is 767 g/mol. The van der Waals surface area contributed by atoms with E-state index in [1.165, 1.54) is 81.8 Å². The van der Waals surface area contributed by atoms with Gasteiger partial charge in [-0.05, 0) is 207 Å². The Kier molecular flexibility index (Phi) is 11.0. The Hall–Kier alpha value is -3.92. The molecule has 4 heteroatoms. The zero-order chi connectivity index (χ0) is 40.1. The van der Waals surface area contributed by atoms with Crippen LogP contribution in [0, 0.1) is 66.1 Å². The Balaban J connectivity index is 1.05. The number of rotatable bonds is 11. The average Bonchev–Trinajstić information content (AvgIpc) is 3.55. The summed E-state index contributed by atoms with van der Waals surface area (Å²) >= 11 is 0. The molecule has 0 amide bonds. The molecular weight excluding hydrogens is 697 g/mol. The van der Waals surface area contributed by atoms with Gasteiger partial charge in [0.2, 0.25) is 0 Å². The van der Waals surface area contributed by atoms with Gasteiger partial charge in [-0.1, -0.05) is 78.1 Å². The molecule has 4 aromatic rings. The van der Waals surface area contributed by atoms with Crippen molar-refractivity contribution >= 4 is 11.4 Å². The number of hydrogen-bond acceptors (Lipinski definition) is 4. The van der Waals surface area contributed by atoms with Gasteiger partial charge >= 0.3 is 0 Å². The van der Waals surface area contributed by atoms with Crippen LogP contribution in [0.4, 0.5) is 11.4 Å². The summed E-state index contributed by atoms with van der Waals surface area (Å²) in [6, 6.07) is 29.9. The second kappa shape index (κ2) is 15.7. The summed E-state index contributed by atoms with van der Waals surface area (Å²) < 4.78 is 12.7. The van der Waals surface area contributed by atoms with Crippen molar-refractivity contribution in [1.29, 1.82) is 0 Å². The van der Waals surface area contributed by atoms with Gasteiger partial charge in [0.05, 0.1) is 0 Å². The Morgan fingerprint density at radius 2 is 1.14 bits per heavy atom. The lowest BCUT2D eigenvalue weighted by molar-refractivity contribution is -0.122. The van der Waals surface area contributed by atoms with E-state index >= 15 is 0 Å². The number of benzene rings is 4. The minimum absolute atomic E-state index is 0.0727. The first-order valence-electron chi connectivity index (χ1n) is 22.6. The minimum Gasteiger partial charge on any atom is -0.457 e. The number of ether oxygens (including phenoxy) is 2. The van der Waals surface area contributed by atoms with Gasteiger partial charge in [-0.15, -0.1) is 0 Å². The first-order valence-corrected chi connectivity index (χ1v) is 22.6. The third-order valence-electron chi connectivity index (χ3n) is 16.7. The smallest absolute Gasteiger partial charge is 0.127 e. The Bertz CT molecular complexity index is 1920. The normalized spacial score (nSPS) is 29.6. The fourth-order valence-electron chi connectivity index (χ4n) is 13.4. The molecule has 4 N–H and O–H groups in total. The third-order valence-corrected chi connectivity index (χ3v) is 16.7. The van der Waals surface area contributed by atoms with E-state index in [0.29, 0.717) is 16.7 Å². The Morgan fingerprint density at radius 1 is 0.596 bits per heavy atom. The molecule has 4 aromatic carbocycles. The van der Waals surface area contributed by atoms with Crippen LogP contribution in [0.15, 0.2) is 84.9 Å². The standard InChI is InChI=1S/C53H70N2O2/c1-34(2)9-8-10-35(3)46-23-24-47-45-22-15-40-33-53(30-29-51(40,6)48(45)27-28-52(46,47)7,38-11-16-41(17-12-38)56-43-20-25-49(54)36(4)31-43)39-13-18-42(19-14-39)57-44-21-26-50(55)37(5)32-44/h11-14,16-21,25-26,31-32,34-35,40,45-48H,8-10,15,22-24,27-30,33,54-55H2,1-7H3. The molecule has 0 heterocycles. The number of nitrogens with two attached hydrogens (primary N) is 2. The molecule has 4 nitrogen and oxygen atoms in total. The van der Waals surface area contributed by atoms with Crippen LogP contribution in [0.1, 0.15) is 134 Å². The van der Waals surface area contributed by atoms with Crippen molar-refractivity contribution in [3.63, 3.8) is 0 Å².